The Labute approximate surface area is 217 Å². The van der Waals surface area contributed by atoms with Crippen molar-refractivity contribution in [2.24, 2.45) is 33.7 Å². The van der Waals surface area contributed by atoms with Crippen LogP contribution in [0.5, 0.6) is 0 Å². The molecule has 4 atom stereocenters. The highest BCUT2D eigenvalue weighted by Crippen LogP contribution is 2.05. The number of carbonyl (C=O) groups excluding carboxylic acids is 5. The molecule has 0 heterocycles. The van der Waals surface area contributed by atoms with E-state index in [4.69, 9.17) is 33.8 Å². The standard InChI is InChI=1S/C20H35N9O9/c21-9(3-5-13(22)30)16(34)27-10(4-6-15(32)33)17(35)29-12(8-14(23)31)18(36)28-11(19(37)38)2-1-7-26-20(24)25/h9-12H,1-8,21H2,(H2,22,30)(H2,23,31)(H,27,34)(H,28,36)(H,29,35)(H,32,33)(H,37,38)(H4,24,25,26). The lowest BCUT2D eigenvalue weighted by Crippen LogP contribution is -2.57. The van der Waals surface area contributed by atoms with Gasteiger partial charge in [-0.05, 0) is 25.7 Å². The number of nitrogens with two attached hydrogens (primary N) is 5. The zero-order valence-electron chi connectivity index (χ0n) is 20.6. The Hall–Kier alpha value is -4.48. The van der Waals surface area contributed by atoms with E-state index in [2.05, 4.69) is 20.9 Å². The third-order valence-corrected chi connectivity index (χ3v) is 4.92. The van der Waals surface area contributed by atoms with Crippen molar-refractivity contribution in [3.63, 3.8) is 0 Å². The molecule has 0 rings (SSSR count). The Morgan fingerprint density at radius 2 is 1.24 bits per heavy atom. The highest BCUT2D eigenvalue weighted by atomic mass is 16.4. The molecule has 0 bridgehead atoms. The molecule has 0 aromatic rings. The number of primary amides is 2. The molecule has 0 aliphatic heterocycles. The molecule has 214 valence electrons. The number of carbonyl (C=O) groups is 7. The molecule has 0 saturated carbocycles. The van der Waals surface area contributed by atoms with E-state index in [1.54, 1.807) is 0 Å². The summed E-state index contributed by atoms with van der Waals surface area (Å²) >= 11 is 0. The molecule has 0 aliphatic rings. The Balaban J connectivity index is 5.55. The monoisotopic (exact) mass is 545 g/mol. The number of aliphatic carboxylic acids is 2. The van der Waals surface area contributed by atoms with Crippen LogP contribution in [0.1, 0.15) is 44.9 Å². The largest absolute Gasteiger partial charge is 0.481 e. The summed E-state index contributed by atoms with van der Waals surface area (Å²) in [4.78, 5) is 86.6. The highest BCUT2D eigenvalue weighted by Gasteiger charge is 2.31. The molecule has 0 aliphatic carbocycles. The number of hydrogen-bond donors (Lipinski definition) is 10. The van der Waals surface area contributed by atoms with Crippen LogP contribution in [0, 0.1) is 0 Å². The molecule has 38 heavy (non-hydrogen) atoms. The predicted octanol–water partition coefficient (Wildman–Crippen LogP) is -5.09. The number of nitrogens with one attached hydrogen (secondary N) is 3. The van der Waals surface area contributed by atoms with Gasteiger partial charge in [0.2, 0.25) is 29.5 Å². The molecule has 0 spiro atoms. The number of aliphatic imine (C=N–C) groups is 1. The molecule has 18 nitrogen and oxygen atoms in total. The van der Waals surface area contributed by atoms with E-state index in [0.717, 1.165) is 0 Å². The van der Waals surface area contributed by atoms with Crippen molar-refractivity contribution in [3.05, 3.63) is 0 Å². The predicted molar refractivity (Wildman–Crippen MR) is 130 cm³/mol. The zero-order valence-corrected chi connectivity index (χ0v) is 20.6. The van der Waals surface area contributed by atoms with Crippen LogP contribution in [0.4, 0.5) is 0 Å². The number of amides is 5. The lowest BCUT2D eigenvalue weighted by Gasteiger charge is -2.24. The molecular formula is C20H35N9O9. The summed E-state index contributed by atoms with van der Waals surface area (Å²) in [5.41, 5.74) is 26.2. The molecule has 0 radical (unpaired) electrons. The van der Waals surface area contributed by atoms with Crippen LogP contribution >= 0.6 is 0 Å². The number of carboxylic acids is 2. The maximum atomic E-state index is 12.9. The van der Waals surface area contributed by atoms with Gasteiger partial charge in [0, 0.05) is 19.4 Å². The number of rotatable bonds is 19. The fourth-order valence-corrected chi connectivity index (χ4v) is 2.96. The fourth-order valence-electron chi connectivity index (χ4n) is 2.96. The quantitative estimate of drug-likeness (QED) is 0.0414. The first-order valence-corrected chi connectivity index (χ1v) is 11.4. The molecule has 0 aromatic carbocycles. The topological polar surface area (TPSA) is 338 Å². The average molecular weight is 546 g/mol. The molecule has 18 heteroatoms. The third-order valence-electron chi connectivity index (χ3n) is 4.92. The maximum Gasteiger partial charge on any atom is 0.326 e. The van der Waals surface area contributed by atoms with E-state index in [-0.39, 0.29) is 38.2 Å². The first-order chi connectivity index (χ1) is 17.6. The number of carboxylic acid groups (broad SMARTS) is 2. The maximum absolute atomic E-state index is 12.9. The molecule has 0 saturated heterocycles. The highest BCUT2D eigenvalue weighted by molar-refractivity contribution is 5.96. The molecule has 5 amide bonds. The minimum atomic E-state index is -1.66. The second-order valence-electron chi connectivity index (χ2n) is 8.18. The van der Waals surface area contributed by atoms with Gasteiger partial charge in [-0.3, -0.25) is 33.8 Å². The van der Waals surface area contributed by atoms with Crippen LogP contribution in [0.25, 0.3) is 0 Å². The second kappa shape index (κ2) is 17.1. The van der Waals surface area contributed by atoms with E-state index in [9.17, 15) is 38.7 Å². The van der Waals surface area contributed by atoms with Crippen molar-refractivity contribution in [1.29, 1.82) is 0 Å². The van der Waals surface area contributed by atoms with E-state index < -0.39 is 84.9 Å². The normalized spacial score (nSPS) is 13.6. The number of nitrogens with zero attached hydrogens (tertiary/aromatic N) is 1. The van der Waals surface area contributed by atoms with E-state index in [1.807, 2.05) is 0 Å². The number of guanidine groups is 1. The smallest absolute Gasteiger partial charge is 0.326 e. The third kappa shape index (κ3) is 14.8. The average Bonchev–Trinajstić information content (AvgIpc) is 2.80. The Kier molecular flexibility index (Phi) is 15.0. The molecule has 0 fully saturated rings. The van der Waals surface area contributed by atoms with Gasteiger partial charge >= 0.3 is 11.9 Å². The zero-order chi connectivity index (χ0) is 29.4. The van der Waals surface area contributed by atoms with E-state index in [1.165, 1.54) is 0 Å². The minimum Gasteiger partial charge on any atom is -0.481 e. The van der Waals surface area contributed by atoms with Gasteiger partial charge in [-0.2, -0.15) is 0 Å². The lowest BCUT2D eigenvalue weighted by molar-refractivity contribution is -0.142. The van der Waals surface area contributed by atoms with Crippen LogP contribution in [0.3, 0.4) is 0 Å². The first-order valence-electron chi connectivity index (χ1n) is 11.4. The summed E-state index contributed by atoms with van der Waals surface area (Å²) in [7, 11) is 0. The summed E-state index contributed by atoms with van der Waals surface area (Å²) in [6.07, 6.45) is -2.05. The van der Waals surface area contributed by atoms with Crippen LogP contribution in [-0.4, -0.2) is 88.4 Å². The van der Waals surface area contributed by atoms with Crippen molar-refractivity contribution in [2.45, 2.75) is 69.1 Å². The number of hydrogen-bond acceptors (Lipinski definition) is 9. The van der Waals surface area contributed by atoms with Crippen molar-refractivity contribution < 1.29 is 43.8 Å². The van der Waals surface area contributed by atoms with Gasteiger partial charge in [-0.1, -0.05) is 0 Å². The van der Waals surface area contributed by atoms with Crippen molar-refractivity contribution in [2.75, 3.05) is 6.54 Å². The van der Waals surface area contributed by atoms with Crippen molar-refractivity contribution in [1.82, 2.24) is 16.0 Å². The second-order valence-corrected chi connectivity index (χ2v) is 8.18. The van der Waals surface area contributed by atoms with Gasteiger partial charge in [0.05, 0.1) is 12.5 Å². The van der Waals surface area contributed by atoms with E-state index in [0.29, 0.717) is 0 Å². The van der Waals surface area contributed by atoms with Crippen molar-refractivity contribution >= 4 is 47.4 Å². The van der Waals surface area contributed by atoms with Gasteiger partial charge in [-0.25, -0.2) is 4.79 Å². The Bertz CT molecular complexity index is 922. The van der Waals surface area contributed by atoms with Gasteiger partial charge in [0.1, 0.15) is 18.1 Å². The summed E-state index contributed by atoms with van der Waals surface area (Å²) < 4.78 is 0. The molecule has 4 unspecified atom stereocenters. The summed E-state index contributed by atoms with van der Waals surface area (Å²) in [5, 5.41) is 24.9. The van der Waals surface area contributed by atoms with Crippen LogP contribution in [0.15, 0.2) is 4.99 Å². The van der Waals surface area contributed by atoms with Crippen LogP contribution < -0.4 is 44.6 Å². The molecular weight excluding hydrogens is 510 g/mol. The fraction of sp³-hybridized carbons (Fsp3) is 0.600. The Morgan fingerprint density at radius 1 is 0.684 bits per heavy atom. The van der Waals surface area contributed by atoms with Gasteiger partial charge < -0.3 is 54.8 Å². The van der Waals surface area contributed by atoms with Gasteiger partial charge in [0.25, 0.3) is 0 Å². The summed E-state index contributed by atoms with van der Waals surface area (Å²) in [6.45, 7) is 0.0793. The molecule has 15 N–H and O–H groups in total. The van der Waals surface area contributed by atoms with E-state index >= 15 is 0 Å². The van der Waals surface area contributed by atoms with Crippen LogP contribution in [0.2, 0.25) is 0 Å². The summed E-state index contributed by atoms with van der Waals surface area (Å²) in [5.74, 6) is -7.71. The SMILES string of the molecule is NC(=O)CCC(N)C(=O)NC(CCC(=O)O)C(=O)NC(CC(N)=O)C(=O)NC(CCCN=C(N)N)C(=O)O. The minimum absolute atomic E-state index is 0.0793. The van der Waals surface area contributed by atoms with Gasteiger partial charge in [-0.15, -0.1) is 0 Å². The molecule has 0 aromatic heterocycles. The Morgan fingerprint density at radius 3 is 1.74 bits per heavy atom. The van der Waals surface area contributed by atoms with Crippen LogP contribution in [-0.2, 0) is 33.6 Å². The summed E-state index contributed by atoms with van der Waals surface area (Å²) in [6, 6.07) is -5.87. The van der Waals surface area contributed by atoms with Crippen molar-refractivity contribution in [3.8, 4) is 0 Å². The first kappa shape index (κ1) is 33.5. The van der Waals surface area contributed by atoms with Gasteiger partial charge in [0.15, 0.2) is 5.96 Å². The lowest BCUT2D eigenvalue weighted by atomic mass is 10.1.